The Hall–Kier alpha value is -2.62. The normalized spacial score (nSPS) is 27.0. The van der Waals surface area contributed by atoms with Crippen molar-refractivity contribution in [1.82, 2.24) is 9.88 Å². The summed E-state index contributed by atoms with van der Waals surface area (Å²) < 4.78 is 0. The van der Waals surface area contributed by atoms with Gasteiger partial charge >= 0.3 is 5.97 Å². The number of nitrogens with zero attached hydrogens (tertiary/aromatic N) is 4. The summed E-state index contributed by atoms with van der Waals surface area (Å²) in [7, 11) is 0. The van der Waals surface area contributed by atoms with E-state index >= 15 is 0 Å². The average molecular weight is 354 g/mol. The van der Waals surface area contributed by atoms with Crippen molar-refractivity contribution in [2.24, 2.45) is 11.3 Å². The van der Waals surface area contributed by atoms with Crippen molar-refractivity contribution in [3.8, 4) is 6.07 Å². The average Bonchev–Trinajstić information content (AvgIpc) is 3.16. The molecule has 3 heterocycles. The SMILES string of the molecule is CC(=O)N1C[C@@H]2CN(c3nc4c(cc3C#N)CCCC4)C[C@]2(C(=O)O)C1. The number of nitriles is 1. The molecule has 1 amide bonds. The van der Waals surface area contributed by atoms with Crippen molar-refractivity contribution in [3.63, 3.8) is 0 Å². The van der Waals surface area contributed by atoms with Crippen molar-refractivity contribution < 1.29 is 14.7 Å². The Labute approximate surface area is 152 Å². The van der Waals surface area contributed by atoms with Crippen LogP contribution in [0.25, 0.3) is 0 Å². The van der Waals surface area contributed by atoms with Crippen LogP contribution in [0.15, 0.2) is 6.07 Å². The van der Waals surface area contributed by atoms with Crippen LogP contribution >= 0.6 is 0 Å². The highest BCUT2D eigenvalue weighted by atomic mass is 16.4. The van der Waals surface area contributed by atoms with Gasteiger partial charge in [0.25, 0.3) is 0 Å². The number of carbonyl (C=O) groups excluding carboxylic acids is 1. The van der Waals surface area contributed by atoms with Crippen molar-refractivity contribution in [2.75, 3.05) is 31.1 Å². The Morgan fingerprint density at radius 1 is 1.31 bits per heavy atom. The maximum atomic E-state index is 12.1. The molecule has 0 radical (unpaired) electrons. The highest BCUT2D eigenvalue weighted by Gasteiger charge is 2.58. The van der Waals surface area contributed by atoms with Gasteiger partial charge in [-0.25, -0.2) is 4.98 Å². The molecule has 26 heavy (non-hydrogen) atoms. The van der Waals surface area contributed by atoms with Crippen molar-refractivity contribution in [3.05, 3.63) is 22.9 Å². The van der Waals surface area contributed by atoms with E-state index < -0.39 is 11.4 Å². The Bertz CT molecular complexity index is 831. The molecule has 0 saturated carbocycles. The lowest BCUT2D eigenvalue weighted by atomic mass is 9.81. The fourth-order valence-electron chi connectivity index (χ4n) is 4.71. The van der Waals surface area contributed by atoms with Crippen molar-refractivity contribution in [1.29, 1.82) is 5.26 Å². The Kier molecular flexibility index (Phi) is 3.87. The minimum absolute atomic E-state index is 0.0869. The molecule has 0 bridgehead atoms. The zero-order valence-electron chi connectivity index (χ0n) is 14.9. The van der Waals surface area contributed by atoms with Gasteiger partial charge in [0.15, 0.2) is 0 Å². The van der Waals surface area contributed by atoms with Crippen LogP contribution in [0.1, 0.15) is 36.6 Å². The molecule has 2 saturated heterocycles. The number of aromatic nitrogens is 1. The number of fused-ring (bicyclic) bond motifs is 2. The van der Waals surface area contributed by atoms with Gasteiger partial charge in [-0.05, 0) is 37.3 Å². The van der Waals surface area contributed by atoms with Crippen LogP contribution in [0, 0.1) is 22.7 Å². The maximum absolute atomic E-state index is 12.1. The second-order valence-corrected chi connectivity index (χ2v) is 7.72. The monoisotopic (exact) mass is 354 g/mol. The van der Waals surface area contributed by atoms with E-state index in [-0.39, 0.29) is 24.9 Å². The Balaban J connectivity index is 1.68. The lowest BCUT2D eigenvalue weighted by molar-refractivity contribution is -0.148. The molecule has 0 aromatic carbocycles. The molecule has 7 heteroatoms. The number of hydrogen-bond donors (Lipinski definition) is 1. The molecule has 2 atom stereocenters. The van der Waals surface area contributed by atoms with Crippen LogP contribution in [0.5, 0.6) is 0 Å². The van der Waals surface area contributed by atoms with E-state index in [0.717, 1.165) is 36.9 Å². The van der Waals surface area contributed by atoms with Gasteiger partial charge in [0, 0.05) is 44.7 Å². The first-order valence-electron chi connectivity index (χ1n) is 9.11. The molecule has 1 aliphatic carbocycles. The fraction of sp³-hybridized carbons (Fsp3) is 0.579. The number of likely N-dealkylation sites (tertiary alicyclic amines) is 1. The smallest absolute Gasteiger partial charge is 0.313 e. The van der Waals surface area contributed by atoms with Crippen LogP contribution in [0.3, 0.4) is 0 Å². The Morgan fingerprint density at radius 2 is 2.08 bits per heavy atom. The minimum Gasteiger partial charge on any atom is -0.481 e. The number of carboxylic acid groups (broad SMARTS) is 1. The number of aryl methyl sites for hydroxylation is 2. The van der Waals surface area contributed by atoms with Gasteiger partial charge in [0.05, 0.1) is 5.56 Å². The molecule has 0 unspecified atom stereocenters. The van der Waals surface area contributed by atoms with Gasteiger partial charge in [-0.15, -0.1) is 0 Å². The van der Waals surface area contributed by atoms with Crippen molar-refractivity contribution >= 4 is 17.7 Å². The number of anilines is 1. The third kappa shape index (κ3) is 2.44. The largest absolute Gasteiger partial charge is 0.481 e. The molecule has 7 nitrogen and oxygen atoms in total. The molecular formula is C19H22N4O3. The summed E-state index contributed by atoms with van der Waals surface area (Å²) in [5.41, 5.74) is 1.73. The highest BCUT2D eigenvalue weighted by Crippen LogP contribution is 2.44. The maximum Gasteiger partial charge on any atom is 0.313 e. The second-order valence-electron chi connectivity index (χ2n) is 7.72. The van der Waals surface area contributed by atoms with Crippen LogP contribution in [0.2, 0.25) is 0 Å². The topological polar surface area (TPSA) is 97.5 Å². The first-order valence-corrected chi connectivity index (χ1v) is 9.11. The van der Waals surface area contributed by atoms with Crippen LogP contribution in [-0.4, -0.2) is 53.0 Å². The third-order valence-electron chi connectivity index (χ3n) is 6.18. The molecular weight excluding hydrogens is 332 g/mol. The first-order chi connectivity index (χ1) is 12.4. The second kappa shape index (κ2) is 5.97. The van der Waals surface area contributed by atoms with E-state index in [9.17, 15) is 20.0 Å². The summed E-state index contributed by atoms with van der Waals surface area (Å²) in [6.45, 7) is 2.96. The number of carboxylic acids is 1. The van der Waals surface area contributed by atoms with Gasteiger partial charge in [-0.2, -0.15) is 5.26 Å². The minimum atomic E-state index is -0.976. The summed E-state index contributed by atoms with van der Waals surface area (Å²) in [6.07, 6.45) is 4.08. The van der Waals surface area contributed by atoms with Gasteiger partial charge in [-0.1, -0.05) is 0 Å². The summed E-state index contributed by atoms with van der Waals surface area (Å²) in [5, 5.41) is 19.5. The lowest BCUT2D eigenvalue weighted by Crippen LogP contribution is -2.42. The van der Waals surface area contributed by atoms with Gasteiger partial charge < -0.3 is 14.9 Å². The molecule has 0 spiro atoms. The van der Waals surface area contributed by atoms with Crippen LogP contribution in [0.4, 0.5) is 5.82 Å². The van der Waals surface area contributed by atoms with Crippen LogP contribution in [-0.2, 0) is 22.4 Å². The molecule has 4 rings (SSSR count). The van der Waals surface area contributed by atoms with E-state index in [2.05, 4.69) is 6.07 Å². The summed E-state index contributed by atoms with van der Waals surface area (Å²) >= 11 is 0. The fourth-order valence-corrected chi connectivity index (χ4v) is 4.71. The third-order valence-corrected chi connectivity index (χ3v) is 6.18. The number of carbonyl (C=O) groups is 2. The quantitative estimate of drug-likeness (QED) is 0.857. The van der Waals surface area contributed by atoms with E-state index in [0.29, 0.717) is 24.5 Å². The van der Waals surface area contributed by atoms with E-state index in [1.54, 1.807) is 4.90 Å². The summed E-state index contributed by atoms with van der Waals surface area (Å²) in [6, 6.07) is 4.17. The van der Waals surface area contributed by atoms with Gasteiger partial charge in [-0.3, -0.25) is 9.59 Å². The van der Waals surface area contributed by atoms with Gasteiger partial charge in [0.2, 0.25) is 5.91 Å². The van der Waals surface area contributed by atoms with E-state index in [1.807, 2.05) is 11.0 Å². The number of amides is 1. The van der Waals surface area contributed by atoms with Crippen molar-refractivity contribution in [2.45, 2.75) is 32.6 Å². The summed E-state index contributed by atoms with van der Waals surface area (Å²) in [4.78, 5) is 32.1. The molecule has 2 fully saturated rings. The zero-order valence-corrected chi connectivity index (χ0v) is 14.9. The van der Waals surface area contributed by atoms with Crippen LogP contribution < -0.4 is 4.90 Å². The standard InChI is InChI=1S/C19H22N4O3/c1-12(24)22-8-15-9-23(11-19(15,10-22)18(25)26)17-14(7-20)6-13-4-2-3-5-16(13)21-17/h6,15H,2-5,8-11H2,1H3,(H,25,26)/t15-,19-/m1/s1. The zero-order chi connectivity index (χ0) is 18.5. The number of rotatable bonds is 2. The number of aliphatic carboxylic acids is 1. The van der Waals surface area contributed by atoms with Gasteiger partial charge in [0.1, 0.15) is 17.3 Å². The predicted molar refractivity (Wildman–Crippen MR) is 93.6 cm³/mol. The lowest BCUT2D eigenvalue weighted by Gasteiger charge is -2.27. The first kappa shape index (κ1) is 16.8. The molecule has 1 aromatic rings. The Morgan fingerprint density at radius 3 is 2.73 bits per heavy atom. The molecule has 2 aliphatic heterocycles. The molecule has 1 aromatic heterocycles. The molecule has 3 aliphatic rings. The van der Waals surface area contributed by atoms with E-state index in [4.69, 9.17) is 4.98 Å². The summed E-state index contributed by atoms with van der Waals surface area (Å²) in [5.74, 6) is -0.493. The number of pyridine rings is 1. The highest BCUT2D eigenvalue weighted by molar-refractivity contribution is 5.82. The van der Waals surface area contributed by atoms with E-state index in [1.165, 1.54) is 6.92 Å². The molecule has 1 N–H and O–H groups in total. The molecule has 136 valence electrons. The predicted octanol–water partition coefficient (Wildman–Crippen LogP) is 1.20. The number of hydrogen-bond acceptors (Lipinski definition) is 5.